The lowest BCUT2D eigenvalue weighted by atomic mass is 10.1. The molecule has 1 atom stereocenters. The number of aromatic nitrogens is 1. The molecule has 30 heavy (non-hydrogen) atoms. The van der Waals surface area contributed by atoms with Gasteiger partial charge in [-0.1, -0.05) is 35.6 Å². The van der Waals surface area contributed by atoms with E-state index in [1.165, 1.54) is 28.4 Å². The number of rotatable bonds is 6. The predicted molar refractivity (Wildman–Crippen MR) is 110 cm³/mol. The SMILES string of the molecule is Cc1cccc2sc(NC(=O)C3CCC(=O)N3Cc3ccc(OC(F)F)cc3)nc12. The number of hydrogen-bond acceptors (Lipinski definition) is 5. The topological polar surface area (TPSA) is 71.5 Å². The van der Waals surface area contributed by atoms with Crippen molar-refractivity contribution >= 4 is 38.5 Å². The van der Waals surface area contributed by atoms with Crippen molar-refractivity contribution in [2.24, 2.45) is 0 Å². The molecule has 2 heterocycles. The van der Waals surface area contributed by atoms with E-state index < -0.39 is 12.7 Å². The third kappa shape index (κ3) is 4.25. The standard InChI is InChI=1S/C21H19F2N3O3S/c1-12-3-2-4-16-18(12)24-21(30-16)25-19(28)15-9-10-17(27)26(15)11-13-5-7-14(8-6-13)29-20(22)23/h2-8,15,20H,9-11H2,1H3,(H,24,25,28). The number of amides is 2. The van der Waals surface area contributed by atoms with E-state index >= 15 is 0 Å². The number of anilines is 1. The summed E-state index contributed by atoms with van der Waals surface area (Å²) in [6.45, 7) is -0.719. The van der Waals surface area contributed by atoms with Crippen LogP contribution < -0.4 is 10.1 Å². The highest BCUT2D eigenvalue weighted by atomic mass is 32.1. The minimum atomic E-state index is -2.89. The lowest BCUT2D eigenvalue weighted by molar-refractivity contribution is -0.133. The van der Waals surface area contributed by atoms with Crippen LogP contribution in [0.15, 0.2) is 42.5 Å². The van der Waals surface area contributed by atoms with E-state index in [-0.39, 0.29) is 30.5 Å². The van der Waals surface area contributed by atoms with Gasteiger partial charge in [-0.2, -0.15) is 8.78 Å². The van der Waals surface area contributed by atoms with Crippen molar-refractivity contribution in [2.45, 2.75) is 39.0 Å². The average molecular weight is 431 g/mol. The molecule has 1 unspecified atom stereocenters. The number of fused-ring (bicyclic) bond motifs is 1. The second-order valence-corrected chi connectivity index (χ2v) is 8.06. The number of likely N-dealkylation sites (tertiary alicyclic amines) is 1. The molecule has 6 nitrogen and oxygen atoms in total. The van der Waals surface area contributed by atoms with Crippen LogP contribution in [0.3, 0.4) is 0 Å². The van der Waals surface area contributed by atoms with Gasteiger partial charge in [0.15, 0.2) is 5.13 Å². The van der Waals surface area contributed by atoms with Gasteiger partial charge < -0.3 is 15.0 Å². The van der Waals surface area contributed by atoms with Gasteiger partial charge in [-0.05, 0) is 42.7 Å². The summed E-state index contributed by atoms with van der Waals surface area (Å²) in [5.41, 5.74) is 2.60. The Bertz CT molecular complexity index is 1080. The first-order chi connectivity index (χ1) is 14.4. The Kier molecular flexibility index (Phi) is 5.63. The number of carbonyl (C=O) groups is 2. The second kappa shape index (κ2) is 8.35. The zero-order valence-electron chi connectivity index (χ0n) is 16.1. The van der Waals surface area contributed by atoms with Gasteiger partial charge in [0, 0.05) is 13.0 Å². The average Bonchev–Trinajstić information content (AvgIpc) is 3.27. The molecule has 3 aromatic rings. The quantitative estimate of drug-likeness (QED) is 0.631. The lowest BCUT2D eigenvalue weighted by Gasteiger charge is -2.23. The van der Waals surface area contributed by atoms with E-state index in [4.69, 9.17) is 0 Å². The molecule has 2 amide bonds. The van der Waals surface area contributed by atoms with Gasteiger partial charge in [0.05, 0.1) is 10.2 Å². The first-order valence-electron chi connectivity index (χ1n) is 9.41. The Balaban J connectivity index is 1.46. The molecule has 1 aliphatic rings. The van der Waals surface area contributed by atoms with Crippen LogP contribution in [0, 0.1) is 6.92 Å². The predicted octanol–water partition coefficient (Wildman–Crippen LogP) is 4.34. The molecule has 4 rings (SSSR count). The maximum Gasteiger partial charge on any atom is 0.387 e. The minimum Gasteiger partial charge on any atom is -0.435 e. The second-order valence-electron chi connectivity index (χ2n) is 7.03. The highest BCUT2D eigenvalue weighted by Crippen LogP contribution is 2.29. The van der Waals surface area contributed by atoms with Crippen molar-refractivity contribution in [3.8, 4) is 5.75 Å². The van der Waals surface area contributed by atoms with Gasteiger partial charge in [0.1, 0.15) is 11.8 Å². The molecule has 0 aliphatic carbocycles. The number of alkyl halides is 2. The maximum atomic E-state index is 12.9. The first kappa shape index (κ1) is 20.2. The Labute approximate surface area is 175 Å². The van der Waals surface area contributed by atoms with Crippen molar-refractivity contribution in [1.29, 1.82) is 0 Å². The number of para-hydroxylation sites is 1. The summed E-state index contributed by atoms with van der Waals surface area (Å²) in [5, 5.41) is 3.34. The van der Waals surface area contributed by atoms with E-state index in [2.05, 4.69) is 15.0 Å². The molecule has 1 N–H and O–H groups in total. The molecule has 0 bridgehead atoms. The van der Waals surface area contributed by atoms with Crippen molar-refractivity contribution in [3.05, 3.63) is 53.6 Å². The molecule has 9 heteroatoms. The molecule has 0 radical (unpaired) electrons. The summed E-state index contributed by atoms with van der Waals surface area (Å²) in [6, 6.07) is 11.3. The summed E-state index contributed by atoms with van der Waals surface area (Å²) < 4.78 is 29.9. The van der Waals surface area contributed by atoms with Gasteiger partial charge in [-0.15, -0.1) is 0 Å². The highest BCUT2D eigenvalue weighted by molar-refractivity contribution is 7.22. The molecule has 1 saturated heterocycles. The highest BCUT2D eigenvalue weighted by Gasteiger charge is 2.36. The van der Waals surface area contributed by atoms with Crippen molar-refractivity contribution < 1.29 is 23.1 Å². The number of hydrogen-bond donors (Lipinski definition) is 1. The molecular weight excluding hydrogens is 412 g/mol. The van der Waals surface area contributed by atoms with Crippen molar-refractivity contribution in [1.82, 2.24) is 9.88 Å². The Morgan fingerprint density at radius 3 is 2.77 bits per heavy atom. The molecular formula is C21H19F2N3O3S. The van der Waals surface area contributed by atoms with Crippen LogP contribution in [-0.2, 0) is 16.1 Å². The van der Waals surface area contributed by atoms with Gasteiger partial charge >= 0.3 is 6.61 Å². The summed E-state index contributed by atoms with van der Waals surface area (Å²) >= 11 is 1.39. The molecule has 2 aromatic carbocycles. The number of ether oxygens (including phenoxy) is 1. The fourth-order valence-electron chi connectivity index (χ4n) is 3.51. The summed E-state index contributed by atoms with van der Waals surface area (Å²) in [5.74, 6) is -0.361. The number of nitrogens with zero attached hydrogens (tertiary/aromatic N) is 2. The first-order valence-corrected chi connectivity index (χ1v) is 10.2. The van der Waals surface area contributed by atoms with Crippen LogP contribution in [0.5, 0.6) is 5.75 Å². The van der Waals surface area contributed by atoms with E-state index in [0.717, 1.165) is 21.3 Å². The lowest BCUT2D eigenvalue weighted by Crippen LogP contribution is -2.41. The fourth-order valence-corrected chi connectivity index (χ4v) is 4.45. The van der Waals surface area contributed by atoms with E-state index in [9.17, 15) is 18.4 Å². The molecule has 0 saturated carbocycles. The smallest absolute Gasteiger partial charge is 0.387 e. The Hall–Kier alpha value is -3.07. The van der Waals surface area contributed by atoms with Gasteiger partial charge in [0.25, 0.3) is 0 Å². The zero-order valence-corrected chi connectivity index (χ0v) is 16.9. The molecule has 0 spiro atoms. The van der Waals surface area contributed by atoms with E-state index in [1.54, 1.807) is 12.1 Å². The largest absolute Gasteiger partial charge is 0.435 e. The Morgan fingerprint density at radius 1 is 1.30 bits per heavy atom. The zero-order chi connectivity index (χ0) is 21.3. The number of thiazole rings is 1. The van der Waals surface area contributed by atoms with Crippen LogP contribution in [0.1, 0.15) is 24.0 Å². The molecule has 1 fully saturated rings. The molecule has 1 aliphatic heterocycles. The van der Waals surface area contributed by atoms with Gasteiger partial charge in [-0.25, -0.2) is 4.98 Å². The molecule has 156 valence electrons. The third-order valence-corrected chi connectivity index (χ3v) is 5.92. The van der Waals surface area contributed by atoms with E-state index in [0.29, 0.717) is 11.6 Å². The van der Waals surface area contributed by atoms with Crippen molar-refractivity contribution in [3.63, 3.8) is 0 Å². The molecule has 1 aromatic heterocycles. The number of benzene rings is 2. The van der Waals surface area contributed by atoms with Crippen LogP contribution in [0.25, 0.3) is 10.2 Å². The minimum absolute atomic E-state index is 0.0434. The number of nitrogens with one attached hydrogen (secondary N) is 1. The van der Waals surface area contributed by atoms with Gasteiger partial charge in [-0.3, -0.25) is 9.59 Å². The number of aryl methyl sites for hydroxylation is 1. The Morgan fingerprint density at radius 2 is 2.07 bits per heavy atom. The number of halogens is 2. The van der Waals surface area contributed by atoms with Gasteiger partial charge in [0.2, 0.25) is 11.8 Å². The summed E-state index contributed by atoms with van der Waals surface area (Å²) in [4.78, 5) is 31.2. The summed E-state index contributed by atoms with van der Waals surface area (Å²) in [6.07, 6.45) is 0.699. The fraction of sp³-hybridized carbons (Fsp3) is 0.286. The van der Waals surface area contributed by atoms with E-state index in [1.807, 2.05) is 25.1 Å². The normalized spacial score (nSPS) is 16.5. The monoisotopic (exact) mass is 431 g/mol. The third-order valence-electron chi connectivity index (χ3n) is 4.98. The van der Waals surface area contributed by atoms with Crippen LogP contribution >= 0.6 is 11.3 Å². The summed E-state index contributed by atoms with van der Waals surface area (Å²) in [7, 11) is 0. The number of carbonyl (C=O) groups excluding carboxylic acids is 2. The van der Waals surface area contributed by atoms with Crippen LogP contribution in [-0.4, -0.2) is 34.4 Å². The maximum absolute atomic E-state index is 12.9. The van der Waals surface area contributed by atoms with Crippen molar-refractivity contribution in [2.75, 3.05) is 5.32 Å². The van der Waals surface area contributed by atoms with Crippen LogP contribution in [0.2, 0.25) is 0 Å². The van der Waals surface area contributed by atoms with Crippen LogP contribution in [0.4, 0.5) is 13.9 Å².